The summed E-state index contributed by atoms with van der Waals surface area (Å²) in [5.74, 6) is 1.09. The van der Waals surface area contributed by atoms with E-state index in [4.69, 9.17) is 10.3 Å². The van der Waals surface area contributed by atoms with Crippen LogP contribution >= 0.6 is 0 Å². The Morgan fingerprint density at radius 3 is 2.85 bits per heavy atom. The normalized spacial score (nSPS) is 11.0. The van der Waals surface area contributed by atoms with Crippen LogP contribution in [0.5, 0.6) is 0 Å². The molecule has 3 heterocycles. The Morgan fingerprint density at radius 1 is 1.23 bits per heavy atom. The third kappa shape index (κ3) is 2.67. The molecule has 0 saturated heterocycles. The van der Waals surface area contributed by atoms with Crippen molar-refractivity contribution < 1.29 is 9.32 Å². The molecule has 0 radical (unpaired) electrons. The average molecular weight is 348 g/mol. The first-order valence-corrected chi connectivity index (χ1v) is 7.97. The van der Waals surface area contributed by atoms with Gasteiger partial charge in [-0.1, -0.05) is 23.4 Å². The van der Waals surface area contributed by atoms with Crippen LogP contribution in [-0.4, -0.2) is 25.4 Å². The minimum atomic E-state index is -0.306. The van der Waals surface area contributed by atoms with E-state index in [1.807, 2.05) is 25.1 Å². The van der Waals surface area contributed by atoms with Crippen molar-refractivity contribution in [3.8, 4) is 11.4 Å². The maximum absolute atomic E-state index is 12.8. The van der Waals surface area contributed by atoms with Gasteiger partial charge in [-0.25, -0.2) is 4.98 Å². The Morgan fingerprint density at radius 2 is 2.08 bits per heavy atom. The summed E-state index contributed by atoms with van der Waals surface area (Å²) < 4.78 is 6.62. The van der Waals surface area contributed by atoms with Crippen molar-refractivity contribution in [2.75, 3.05) is 11.1 Å². The van der Waals surface area contributed by atoms with Gasteiger partial charge >= 0.3 is 0 Å². The van der Waals surface area contributed by atoms with Crippen molar-refractivity contribution in [1.29, 1.82) is 0 Å². The van der Waals surface area contributed by atoms with E-state index < -0.39 is 0 Å². The van der Waals surface area contributed by atoms with E-state index in [1.165, 1.54) is 6.20 Å². The van der Waals surface area contributed by atoms with Crippen LogP contribution < -0.4 is 11.1 Å². The number of carbonyl (C=O) groups is 1. The third-order valence-corrected chi connectivity index (χ3v) is 4.06. The molecule has 0 bridgehead atoms. The quantitative estimate of drug-likeness (QED) is 0.589. The Bertz CT molecular complexity index is 1130. The minimum absolute atomic E-state index is 0.306. The zero-order valence-corrected chi connectivity index (χ0v) is 14.2. The van der Waals surface area contributed by atoms with E-state index >= 15 is 0 Å². The number of nitrogens with zero attached hydrogens (tertiary/aromatic N) is 4. The Kier molecular flexibility index (Phi) is 3.65. The van der Waals surface area contributed by atoms with E-state index in [1.54, 1.807) is 29.5 Å². The summed E-state index contributed by atoms with van der Waals surface area (Å²) in [6, 6.07) is 10.9. The van der Waals surface area contributed by atoms with Crippen LogP contribution in [0.15, 0.2) is 47.1 Å². The predicted molar refractivity (Wildman–Crippen MR) is 96.8 cm³/mol. The molecule has 0 unspecified atom stereocenters. The summed E-state index contributed by atoms with van der Waals surface area (Å²) in [6.45, 7) is 3.63. The van der Waals surface area contributed by atoms with E-state index in [-0.39, 0.29) is 5.91 Å². The topological polar surface area (TPSA) is 111 Å². The highest BCUT2D eigenvalue weighted by Gasteiger charge is 2.16. The van der Waals surface area contributed by atoms with Gasteiger partial charge < -0.3 is 15.6 Å². The summed E-state index contributed by atoms with van der Waals surface area (Å²) in [5, 5.41) is 6.82. The summed E-state index contributed by atoms with van der Waals surface area (Å²) >= 11 is 0. The number of amides is 1. The van der Waals surface area contributed by atoms with Gasteiger partial charge in [-0.05, 0) is 30.7 Å². The van der Waals surface area contributed by atoms with Gasteiger partial charge in [-0.15, -0.1) is 0 Å². The van der Waals surface area contributed by atoms with Gasteiger partial charge in [-0.3, -0.25) is 9.20 Å². The van der Waals surface area contributed by atoms with Gasteiger partial charge in [0.15, 0.2) is 0 Å². The van der Waals surface area contributed by atoms with Crippen LogP contribution in [0.25, 0.3) is 17.0 Å². The third-order valence-electron chi connectivity index (χ3n) is 4.06. The lowest BCUT2D eigenvalue weighted by Crippen LogP contribution is -2.16. The van der Waals surface area contributed by atoms with Crippen LogP contribution in [0.2, 0.25) is 0 Å². The Labute approximate surface area is 148 Å². The van der Waals surface area contributed by atoms with Gasteiger partial charge in [0, 0.05) is 18.2 Å². The maximum atomic E-state index is 12.8. The number of nitrogens with two attached hydrogens (primary N) is 1. The van der Waals surface area contributed by atoms with Gasteiger partial charge in [0.05, 0.1) is 6.20 Å². The van der Waals surface area contributed by atoms with E-state index in [0.717, 1.165) is 11.1 Å². The second kappa shape index (κ2) is 5.99. The summed E-state index contributed by atoms with van der Waals surface area (Å²) in [7, 11) is 0. The number of carbonyl (C=O) groups excluding carboxylic acids is 1. The summed E-state index contributed by atoms with van der Waals surface area (Å²) in [5.41, 5.74) is 9.26. The first-order chi connectivity index (χ1) is 12.5. The summed E-state index contributed by atoms with van der Waals surface area (Å²) in [6.07, 6.45) is 1.50. The highest BCUT2D eigenvalue weighted by atomic mass is 16.5. The molecule has 8 nitrogen and oxygen atoms in total. The van der Waals surface area contributed by atoms with Crippen LogP contribution in [0.1, 0.15) is 21.9 Å². The molecular weight excluding hydrogens is 332 g/mol. The van der Waals surface area contributed by atoms with Crippen molar-refractivity contribution in [2.24, 2.45) is 0 Å². The molecule has 1 amide bonds. The number of hydrogen-bond acceptors (Lipinski definition) is 6. The van der Waals surface area contributed by atoms with Crippen molar-refractivity contribution in [2.45, 2.75) is 13.8 Å². The van der Waals surface area contributed by atoms with Crippen LogP contribution in [-0.2, 0) is 0 Å². The predicted octanol–water partition coefficient (Wildman–Crippen LogP) is 2.84. The highest BCUT2D eigenvalue weighted by Crippen LogP contribution is 2.24. The van der Waals surface area contributed by atoms with E-state index in [9.17, 15) is 4.79 Å². The molecule has 3 N–H and O–H groups in total. The number of nitrogen functional groups attached to an aromatic ring is 1. The molecule has 4 aromatic rings. The smallest absolute Gasteiger partial charge is 0.274 e. The zero-order valence-electron chi connectivity index (χ0n) is 14.2. The van der Waals surface area contributed by atoms with Gasteiger partial charge in [0.2, 0.25) is 11.7 Å². The molecule has 130 valence electrons. The van der Waals surface area contributed by atoms with Crippen LogP contribution in [0, 0.1) is 13.8 Å². The molecule has 0 spiro atoms. The molecule has 1 aromatic carbocycles. The Balaban J connectivity index is 1.69. The largest absolute Gasteiger partial charge is 0.385 e. The number of aryl methyl sites for hydroxylation is 2. The van der Waals surface area contributed by atoms with E-state index in [0.29, 0.717) is 34.6 Å². The molecule has 0 atom stereocenters. The van der Waals surface area contributed by atoms with Crippen LogP contribution in [0.3, 0.4) is 0 Å². The fourth-order valence-electron chi connectivity index (χ4n) is 2.72. The molecule has 0 aliphatic carbocycles. The molecule has 0 aliphatic rings. The number of nitrogens with one attached hydrogen (secondary N) is 1. The molecule has 8 heteroatoms. The summed E-state index contributed by atoms with van der Waals surface area (Å²) in [4.78, 5) is 21.2. The molecule has 4 rings (SSSR count). The number of hydrogen-bond donors (Lipinski definition) is 2. The second-order valence-electron chi connectivity index (χ2n) is 5.91. The van der Waals surface area contributed by atoms with Gasteiger partial charge in [0.1, 0.15) is 17.2 Å². The molecular formula is C18H16N6O2. The number of pyridine rings is 1. The van der Waals surface area contributed by atoms with E-state index in [2.05, 4.69) is 20.4 Å². The standard InChI is InChI=1S/C18H16N6O2/c1-10-6-7-12(17-21-11(2)26-23-17)8-13(10)22-18(25)14-9-20-16-5-3-4-15(19)24(14)16/h3-9H,19H2,1-2H3,(H,22,25). The van der Waals surface area contributed by atoms with Gasteiger partial charge in [-0.2, -0.15) is 4.98 Å². The minimum Gasteiger partial charge on any atom is -0.385 e. The zero-order chi connectivity index (χ0) is 18.3. The number of imidazole rings is 1. The van der Waals surface area contributed by atoms with Crippen molar-refractivity contribution in [3.63, 3.8) is 0 Å². The lowest BCUT2D eigenvalue weighted by atomic mass is 10.1. The molecule has 26 heavy (non-hydrogen) atoms. The SMILES string of the molecule is Cc1nc(-c2ccc(C)c(NC(=O)c3cnc4cccc(N)n34)c2)no1. The number of fused-ring (bicyclic) bond motifs is 1. The highest BCUT2D eigenvalue weighted by molar-refractivity contribution is 6.04. The molecule has 0 aliphatic heterocycles. The second-order valence-corrected chi connectivity index (χ2v) is 5.91. The van der Waals surface area contributed by atoms with Crippen molar-refractivity contribution in [1.82, 2.24) is 19.5 Å². The number of anilines is 2. The maximum Gasteiger partial charge on any atom is 0.274 e. The van der Waals surface area contributed by atoms with Crippen molar-refractivity contribution in [3.05, 3.63) is 59.7 Å². The monoisotopic (exact) mass is 348 g/mol. The molecule has 0 saturated carbocycles. The Hall–Kier alpha value is -3.68. The van der Waals surface area contributed by atoms with Gasteiger partial charge in [0.25, 0.3) is 5.91 Å². The first kappa shape index (κ1) is 15.8. The molecule has 0 fully saturated rings. The number of benzene rings is 1. The fourth-order valence-corrected chi connectivity index (χ4v) is 2.72. The molecule has 3 aromatic heterocycles. The lowest BCUT2D eigenvalue weighted by Gasteiger charge is -2.10. The number of aromatic nitrogens is 4. The first-order valence-electron chi connectivity index (χ1n) is 7.97. The average Bonchev–Trinajstić information content (AvgIpc) is 3.24. The fraction of sp³-hybridized carbons (Fsp3) is 0.111. The van der Waals surface area contributed by atoms with Crippen LogP contribution in [0.4, 0.5) is 11.5 Å². The number of rotatable bonds is 3. The lowest BCUT2D eigenvalue weighted by molar-refractivity contribution is 0.102. The van der Waals surface area contributed by atoms with Crippen molar-refractivity contribution >= 4 is 23.1 Å².